The third-order valence-electron chi connectivity index (χ3n) is 6.05. The lowest BCUT2D eigenvalue weighted by atomic mass is 9.87. The molecule has 2 aliphatic rings. The Balaban J connectivity index is 1.57. The highest BCUT2D eigenvalue weighted by Gasteiger charge is 2.52. The summed E-state index contributed by atoms with van der Waals surface area (Å²) in [6, 6.07) is 22.9. The van der Waals surface area contributed by atoms with Crippen molar-refractivity contribution >= 4 is 23.2 Å². The number of methoxy groups -OCH3 is 1. The Hall–Kier alpha value is -3.80. The number of hydrogen-bond acceptors (Lipinski definition) is 4. The number of hydrogen-bond donors (Lipinski definition) is 2. The summed E-state index contributed by atoms with van der Waals surface area (Å²) < 4.78 is 5.38. The van der Waals surface area contributed by atoms with E-state index in [9.17, 15) is 9.59 Å². The van der Waals surface area contributed by atoms with Gasteiger partial charge in [0.05, 0.1) is 12.7 Å². The zero-order chi connectivity index (χ0) is 21.4. The third-order valence-corrected chi connectivity index (χ3v) is 6.05. The number of carbonyl (C=O) groups excluding carboxylic acids is 2. The van der Waals surface area contributed by atoms with Gasteiger partial charge in [-0.3, -0.25) is 9.59 Å². The second-order valence-corrected chi connectivity index (χ2v) is 7.88. The Bertz CT molecular complexity index is 1160. The average Bonchev–Trinajstić information content (AvgIpc) is 2.80. The highest BCUT2D eigenvalue weighted by Crippen LogP contribution is 2.39. The first-order valence-electron chi connectivity index (χ1n) is 10.3. The molecule has 3 aromatic rings. The minimum Gasteiger partial charge on any atom is -0.497 e. The second-order valence-electron chi connectivity index (χ2n) is 7.88. The standard InChI is InChI=1S/C25H23N3O3/c1-31-19-11-12-21-18(15-19)16-25(24(30)26-21)27-22-10-6-5-9-20(22)23(29)28(25)14-13-17-7-3-2-4-8-17/h2-12,15,27H,13-14,16H2,1H3,(H,26,30)/t25-/m0/s1. The number of fused-ring (bicyclic) bond motifs is 2. The molecular weight excluding hydrogens is 390 g/mol. The number of carbonyl (C=O) groups is 2. The molecule has 2 N–H and O–H groups in total. The first kappa shape index (κ1) is 19.2. The lowest BCUT2D eigenvalue weighted by molar-refractivity contribution is -0.126. The lowest BCUT2D eigenvalue weighted by Gasteiger charge is -2.49. The number of nitrogens with zero attached hydrogens (tertiary/aromatic N) is 1. The van der Waals surface area contributed by atoms with Crippen LogP contribution in [0.5, 0.6) is 5.75 Å². The maximum Gasteiger partial charge on any atom is 0.271 e. The van der Waals surface area contributed by atoms with E-state index in [0.717, 1.165) is 16.8 Å². The molecule has 6 nitrogen and oxygen atoms in total. The molecular formula is C25H23N3O3. The zero-order valence-electron chi connectivity index (χ0n) is 17.2. The SMILES string of the molecule is COc1ccc2c(c1)C[C@@]1(Nc3ccccc3C(=O)N1CCc1ccccc1)C(=O)N2. The maximum atomic E-state index is 13.6. The van der Waals surface area contributed by atoms with Crippen LogP contribution in [0.25, 0.3) is 0 Å². The highest BCUT2D eigenvalue weighted by atomic mass is 16.5. The molecule has 2 aliphatic heterocycles. The van der Waals surface area contributed by atoms with Crippen LogP contribution in [0.3, 0.4) is 0 Å². The minimum atomic E-state index is -1.21. The van der Waals surface area contributed by atoms with E-state index in [-0.39, 0.29) is 11.8 Å². The number of nitrogens with one attached hydrogen (secondary N) is 2. The molecule has 1 atom stereocenters. The number of ether oxygens (including phenoxy) is 1. The predicted octanol–water partition coefficient (Wildman–Crippen LogP) is 3.70. The van der Waals surface area contributed by atoms with E-state index in [0.29, 0.717) is 36.4 Å². The van der Waals surface area contributed by atoms with Gasteiger partial charge >= 0.3 is 0 Å². The number of rotatable bonds is 4. The van der Waals surface area contributed by atoms with Gasteiger partial charge in [-0.1, -0.05) is 42.5 Å². The van der Waals surface area contributed by atoms with Crippen molar-refractivity contribution in [3.05, 3.63) is 89.5 Å². The van der Waals surface area contributed by atoms with Crippen LogP contribution in [0.2, 0.25) is 0 Å². The largest absolute Gasteiger partial charge is 0.497 e. The first-order valence-corrected chi connectivity index (χ1v) is 10.3. The van der Waals surface area contributed by atoms with Gasteiger partial charge in [-0.2, -0.15) is 0 Å². The van der Waals surface area contributed by atoms with E-state index in [1.54, 1.807) is 18.1 Å². The molecule has 0 bridgehead atoms. The number of para-hydroxylation sites is 1. The molecule has 2 amide bonds. The summed E-state index contributed by atoms with van der Waals surface area (Å²) in [6.07, 6.45) is 0.997. The molecule has 2 heterocycles. The van der Waals surface area contributed by atoms with Crippen molar-refractivity contribution in [2.24, 2.45) is 0 Å². The molecule has 31 heavy (non-hydrogen) atoms. The monoisotopic (exact) mass is 413 g/mol. The van der Waals surface area contributed by atoms with Crippen LogP contribution in [0.1, 0.15) is 21.5 Å². The fourth-order valence-corrected chi connectivity index (χ4v) is 4.43. The zero-order valence-corrected chi connectivity index (χ0v) is 17.2. The van der Waals surface area contributed by atoms with Gasteiger partial charge in [-0.05, 0) is 47.9 Å². The minimum absolute atomic E-state index is 0.147. The fraction of sp³-hybridized carbons (Fsp3) is 0.200. The highest BCUT2D eigenvalue weighted by molar-refractivity contribution is 6.11. The Kier molecular flexibility index (Phi) is 4.62. The van der Waals surface area contributed by atoms with Crippen LogP contribution in [-0.4, -0.2) is 36.0 Å². The Morgan fingerprint density at radius 2 is 1.74 bits per heavy atom. The van der Waals surface area contributed by atoms with E-state index in [2.05, 4.69) is 10.6 Å². The number of anilines is 2. The van der Waals surface area contributed by atoms with Gasteiger partial charge in [0.25, 0.3) is 11.8 Å². The molecule has 1 spiro atoms. The Morgan fingerprint density at radius 1 is 0.968 bits per heavy atom. The van der Waals surface area contributed by atoms with Crippen molar-refractivity contribution in [3.63, 3.8) is 0 Å². The first-order chi connectivity index (χ1) is 15.1. The normalized spacial score (nSPS) is 19.3. The van der Waals surface area contributed by atoms with E-state index in [4.69, 9.17) is 4.74 Å². The van der Waals surface area contributed by atoms with Crippen LogP contribution in [-0.2, 0) is 17.6 Å². The molecule has 0 saturated carbocycles. The molecule has 0 radical (unpaired) electrons. The predicted molar refractivity (Wildman–Crippen MR) is 119 cm³/mol. The van der Waals surface area contributed by atoms with Gasteiger partial charge in [-0.25, -0.2) is 0 Å². The van der Waals surface area contributed by atoms with Crippen molar-refractivity contribution < 1.29 is 14.3 Å². The van der Waals surface area contributed by atoms with Crippen molar-refractivity contribution in [3.8, 4) is 5.75 Å². The summed E-state index contributed by atoms with van der Waals surface area (Å²) >= 11 is 0. The van der Waals surface area contributed by atoms with E-state index >= 15 is 0 Å². The van der Waals surface area contributed by atoms with Gasteiger partial charge in [-0.15, -0.1) is 0 Å². The summed E-state index contributed by atoms with van der Waals surface area (Å²) in [7, 11) is 1.61. The summed E-state index contributed by atoms with van der Waals surface area (Å²) in [6.45, 7) is 0.414. The number of amides is 2. The van der Waals surface area contributed by atoms with Crippen molar-refractivity contribution in [2.45, 2.75) is 18.5 Å². The van der Waals surface area contributed by atoms with Crippen LogP contribution < -0.4 is 15.4 Å². The van der Waals surface area contributed by atoms with Crippen LogP contribution in [0.4, 0.5) is 11.4 Å². The number of benzene rings is 3. The Morgan fingerprint density at radius 3 is 2.55 bits per heavy atom. The molecule has 0 unspecified atom stereocenters. The van der Waals surface area contributed by atoms with Gasteiger partial charge in [0.15, 0.2) is 5.66 Å². The van der Waals surface area contributed by atoms with Gasteiger partial charge < -0.3 is 20.3 Å². The lowest BCUT2D eigenvalue weighted by Crippen LogP contribution is -2.68. The molecule has 6 heteroatoms. The average molecular weight is 413 g/mol. The van der Waals surface area contributed by atoms with Crippen molar-refractivity contribution in [1.82, 2.24) is 4.90 Å². The van der Waals surface area contributed by atoms with Crippen LogP contribution >= 0.6 is 0 Å². The van der Waals surface area contributed by atoms with E-state index < -0.39 is 5.66 Å². The maximum absolute atomic E-state index is 13.6. The molecule has 0 aliphatic carbocycles. The van der Waals surface area contributed by atoms with Gasteiger partial charge in [0, 0.05) is 24.3 Å². The van der Waals surface area contributed by atoms with Gasteiger partial charge in [0.2, 0.25) is 0 Å². The molecule has 0 saturated heterocycles. The van der Waals surface area contributed by atoms with E-state index in [1.807, 2.05) is 66.7 Å². The van der Waals surface area contributed by atoms with E-state index in [1.165, 1.54) is 0 Å². The third kappa shape index (κ3) is 3.20. The second kappa shape index (κ2) is 7.47. The van der Waals surface area contributed by atoms with Crippen LogP contribution in [0, 0.1) is 0 Å². The molecule has 0 aromatic heterocycles. The smallest absolute Gasteiger partial charge is 0.271 e. The fourth-order valence-electron chi connectivity index (χ4n) is 4.43. The summed E-state index contributed by atoms with van der Waals surface area (Å²) in [5.41, 5.74) is 2.81. The van der Waals surface area contributed by atoms with Gasteiger partial charge in [0.1, 0.15) is 5.75 Å². The van der Waals surface area contributed by atoms with Crippen molar-refractivity contribution in [1.29, 1.82) is 0 Å². The molecule has 3 aromatic carbocycles. The molecule has 5 rings (SSSR count). The summed E-state index contributed by atoms with van der Waals surface area (Å²) in [5.74, 6) is 0.330. The van der Waals surface area contributed by atoms with Crippen molar-refractivity contribution in [2.75, 3.05) is 24.3 Å². The van der Waals surface area contributed by atoms with Crippen LogP contribution in [0.15, 0.2) is 72.8 Å². The topological polar surface area (TPSA) is 70.7 Å². The Labute approximate surface area is 180 Å². The summed E-state index contributed by atoms with van der Waals surface area (Å²) in [5, 5.41) is 6.41. The molecule has 0 fully saturated rings. The quantitative estimate of drug-likeness (QED) is 0.684. The molecule has 156 valence electrons. The summed E-state index contributed by atoms with van der Waals surface area (Å²) in [4.78, 5) is 28.7.